The van der Waals surface area contributed by atoms with E-state index in [9.17, 15) is 10.1 Å². The van der Waals surface area contributed by atoms with Crippen molar-refractivity contribution >= 4 is 34.7 Å². The number of nitrogens with zero attached hydrogens (tertiary/aromatic N) is 4. The Morgan fingerprint density at radius 1 is 1.25 bits per heavy atom. The second-order valence-electron chi connectivity index (χ2n) is 5.38. The fourth-order valence-corrected chi connectivity index (χ4v) is 2.63. The van der Waals surface area contributed by atoms with E-state index in [-0.39, 0.29) is 5.69 Å². The zero-order chi connectivity index (χ0) is 16.9. The molecule has 1 aliphatic rings. The molecular weight excluding hydrogens is 332 g/mol. The van der Waals surface area contributed by atoms with Crippen LogP contribution >= 0.6 is 11.6 Å². The average Bonchev–Trinajstić information content (AvgIpc) is 2.86. The fraction of sp³-hybridized carbons (Fsp3) is 0.333. The lowest BCUT2D eigenvalue weighted by atomic mass is 10.3. The molecule has 1 fully saturated rings. The molecule has 0 bridgehead atoms. The molecule has 0 unspecified atom stereocenters. The van der Waals surface area contributed by atoms with Crippen molar-refractivity contribution in [3.8, 4) is 0 Å². The summed E-state index contributed by atoms with van der Waals surface area (Å²) in [5.41, 5.74) is 0.676. The van der Waals surface area contributed by atoms with Gasteiger partial charge in [0.05, 0.1) is 4.92 Å². The van der Waals surface area contributed by atoms with Gasteiger partial charge in [-0.05, 0) is 37.2 Å². The van der Waals surface area contributed by atoms with Gasteiger partial charge >= 0.3 is 5.69 Å². The highest BCUT2D eigenvalue weighted by Gasteiger charge is 2.23. The largest absolute Gasteiger partial charge is 0.349 e. The molecule has 3 rings (SSSR count). The molecule has 1 saturated heterocycles. The molecule has 0 atom stereocenters. The molecule has 1 aromatic heterocycles. The maximum atomic E-state index is 11.3. The van der Waals surface area contributed by atoms with Crippen LogP contribution in [0.1, 0.15) is 6.42 Å². The van der Waals surface area contributed by atoms with Gasteiger partial charge in [-0.25, -0.2) is 4.98 Å². The fourth-order valence-electron chi connectivity index (χ4n) is 2.51. The van der Waals surface area contributed by atoms with Crippen LogP contribution in [0.4, 0.5) is 23.1 Å². The van der Waals surface area contributed by atoms with Gasteiger partial charge in [-0.3, -0.25) is 10.1 Å². The summed E-state index contributed by atoms with van der Waals surface area (Å²) in [6, 6.07) is 7.08. The number of nitrogens with one attached hydrogen (secondary N) is 2. The van der Waals surface area contributed by atoms with Crippen LogP contribution in [0.5, 0.6) is 0 Å². The molecule has 2 heterocycles. The molecule has 8 nitrogen and oxygen atoms in total. The third-order valence-electron chi connectivity index (χ3n) is 3.69. The molecule has 2 aromatic rings. The number of aromatic nitrogens is 2. The number of anilines is 3. The average molecular weight is 349 g/mol. The predicted octanol–water partition coefficient (Wildman–Crippen LogP) is 2.58. The van der Waals surface area contributed by atoms with Crippen LogP contribution in [0.2, 0.25) is 5.02 Å². The molecule has 0 saturated carbocycles. The van der Waals surface area contributed by atoms with E-state index in [2.05, 4.69) is 20.6 Å². The predicted molar refractivity (Wildman–Crippen MR) is 93.1 cm³/mol. The monoisotopic (exact) mass is 348 g/mol. The zero-order valence-corrected chi connectivity index (χ0v) is 13.7. The highest BCUT2D eigenvalue weighted by atomic mass is 35.5. The van der Waals surface area contributed by atoms with Crippen molar-refractivity contribution in [3.05, 3.63) is 45.6 Å². The van der Waals surface area contributed by atoms with Gasteiger partial charge in [0.2, 0.25) is 11.8 Å². The molecule has 0 aliphatic carbocycles. The van der Waals surface area contributed by atoms with Crippen LogP contribution in [-0.4, -0.2) is 41.1 Å². The highest BCUT2D eigenvalue weighted by molar-refractivity contribution is 6.30. The van der Waals surface area contributed by atoms with E-state index in [1.807, 2.05) is 4.90 Å². The van der Waals surface area contributed by atoms with Crippen molar-refractivity contribution in [2.75, 3.05) is 36.4 Å². The maximum Gasteiger partial charge on any atom is 0.329 e. The molecular formula is C15H17ClN6O2. The van der Waals surface area contributed by atoms with Crippen molar-refractivity contribution in [1.29, 1.82) is 0 Å². The van der Waals surface area contributed by atoms with E-state index in [1.165, 1.54) is 6.20 Å². The summed E-state index contributed by atoms with van der Waals surface area (Å²) in [4.78, 5) is 21.2. The Morgan fingerprint density at radius 3 is 2.79 bits per heavy atom. The Morgan fingerprint density at radius 2 is 2.04 bits per heavy atom. The van der Waals surface area contributed by atoms with Gasteiger partial charge in [-0.15, -0.1) is 0 Å². The number of hydrogen-bond acceptors (Lipinski definition) is 7. The second-order valence-corrected chi connectivity index (χ2v) is 5.82. The number of benzene rings is 1. The van der Waals surface area contributed by atoms with Gasteiger partial charge in [0.15, 0.2) is 0 Å². The van der Waals surface area contributed by atoms with Crippen molar-refractivity contribution in [3.63, 3.8) is 0 Å². The zero-order valence-electron chi connectivity index (χ0n) is 12.9. The molecule has 9 heteroatoms. The van der Waals surface area contributed by atoms with E-state index in [0.717, 1.165) is 25.2 Å². The Balaban J connectivity index is 1.89. The van der Waals surface area contributed by atoms with Crippen LogP contribution in [0, 0.1) is 10.1 Å². The summed E-state index contributed by atoms with van der Waals surface area (Å²) in [7, 11) is 0. The molecule has 126 valence electrons. The topological polar surface area (TPSA) is 96.2 Å². The van der Waals surface area contributed by atoms with Gasteiger partial charge in [0, 0.05) is 30.3 Å². The summed E-state index contributed by atoms with van der Waals surface area (Å²) < 4.78 is 0. The summed E-state index contributed by atoms with van der Waals surface area (Å²) in [6.45, 7) is 3.04. The normalized spacial score (nSPS) is 15.0. The smallest absolute Gasteiger partial charge is 0.329 e. The Hall–Kier alpha value is -2.45. The van der Waals surface area contributed by atoms with Crippen LogP contribution in [0.25, 0.3) is 0 Å². The lowest BCUT2D eigenvalue weighted by Crippen LogP contribution is -2.29. The maximum absolute atomic E-state index is 11.3. The van der Waals surface area contributed by atoms with Crippen molar-refractivity contribution in [1.82, 2.24) is 15.3 Å². The van der Waals surface area contributed by atoms with E-state index in [4.69, 9.17) is 11.6 Å². The third-order valence-corrected chi connectivity index (χ3v) is 3.94. The first-order valence-corrected chi connectivity index (χ1v) is 8.01. The van der Waals surface area contributed by atoms with Crippen LogP contribution in [0.3, 0.4) is 0 Å². The minimum absolute atomic E-state index is 0.0847. The third kappa shape index (κ3) is 3.90. The number of rotatable bonds is 4. The lowest BCUT2D eigenvalue weighted by Gasteiger charge is -2.21. The van der Waals surface area contributed by atoms with Gasteiger partial charge in [0.25, 0.3) is 0 Å². The first kappa shape index (κ1) is 16.4. The van der Waals surface area contributed by atoms with Crippen LogP contribution < -0.4 is 15.5 Å². The second kappa shape index (κ2) is 7.41. The number of nitro groups is 1. The number of halogens is 1. The first-order chi connectivity index (χ1) is 11.6. The van der Waals surface area contributed by atoms with Crippen LogP contribution in [-0.2, 0) is 0 Å². The summed E-state index contributed by atoms with van der Waals surface area (Å²) in [6.07, 6.45) is 2.15. The molecule has 1 aliphatic heterocycles. The van der Waals surface area contributed by atoms with E-state index >= 15 is 0 Å². The standard InChI is InChI=1S/C15H17ClN6O2/c16-11-2-4-12(5-3-11)19-15-18-10-13(22(23)24)14(20-15)21-8-1-6-17-7-9-21/h2-5,10,17H,1,6-9H2,(H,18,19,20). The van der Waals surface area contributed by atoms with Crippen molar-refractivity contribution in [2.45, 2.75) is 6.42 Å². The molecule has 2 N–H and O–H groups in total. The van der Waals surface area contributed by atoms with Gasteiger partial charge in [-0.2, -0.15) is 4.98 Å². The van der Waals surface area contributed by atoms with Gasteiger partial charge in [0.1, 0.15) is 6.20 Å². The van der Waals surface area contributed by atoms with E-state index in [1.54, 1.807) is 24.3 Å². The van der Waals surface area contributed by atoms with Gasteiger partial charge < -0.3 is 15.5 Å². The van der Waals surface area contributed by atoms with Crippen molar-refractivity contribution < 1.29 is 4.92 Å². The summed E-state index contributed by atoms with van der Waals surface area (Å²) in [5, 5.41) is 18.3. The lowest BCUT2D eigenvalue weighted by molar-refractivity contribution is -0.384. The SMILES string of the molecule is O=[N+]([O-])c1cnc(Nc2ccc(Cl)cc2)nc1N1CCCNCC1. The molecule has 0 amide bonds. The first-order valence-electron chi connectivity index (χ1n) is 7.63. The molecule has 0 spiro atoms. The quantitative estimate of drug-likeness (QED) is 0.647. The Labute approximate surface area is 144 Å². The van der Waals surface area contributed by atoms with Crippen molar-refractivity contribution in [2.24, 2.45) is 0 Å². The Bertz CT molecular complexity index is 716. The minimum Gasteiger partial charge on any atom is -0.349 e. The number of hydrogen-bond donors (Lipinski definition) is 2. The van der Waals surface area contributed by atoms with E-state index < -0.39 is 4.92 Å². The van der Waals surface area contributed by atoms with E-state index in [0.29, 0.717) is 29.9 Å². The van der Waals surface area contributed by atoms with Gasteiger partial charge in [-0.1, -0.05) is 11.6 Å². The molecule has 24 heavy (non-hydrogen) atoms. The molecule has 1 aromatic carbocycles. The highest BCUT2D eigenvalue weighted by Crippen LogP contribution is 2.27. The molecule has 0 radical (unpaired) electrons. The minimum atomic E-state index is -0.445. The van der Waals surface area contributed by atoms with Crippen LogP contribution in [0.15, 0.2) is 30.5 Å². The summed E-state index contributed by atoms with van der Waals surface area (Å²) in [5.74, 6) is 0.658. The summed E-state index contributed by atoms with van der Waals surface area (Å²) >= 11 is 5.87. The Kier molecular flexibility index (Phi) is 5.07.